The van der Waals surface area contributed by atoms with Crippen LogP contribution in [0, 0.1) is 5.41 Å². The number of fused-ring (bicyclic) bond motifs is 2. The van der Waals surface area contributed by atoms with E-state index in [0.717, 1.165) is 19.3 Å². The largest absolute Gasteiger partial charge is 0.505 e. The Hall–Kier alpha value is -1.68. The summed E-state index contributed by atoms with van der Waals surface area (Å²) in [5.41, 5.74) is 2.28. The van der Waals surface area contributed by atoms with Gasteiger partial charge in [-0.25, -0.2) is 4.79 Å². The molecule has 1 aliphatic carbocycles. The molecule has 1 aliphatic heterocycles. The van der Waals surface area contributed by atoms with Crippen LogP contribution in [0.25, 0.3) is 33.4 Å². The molecule has 0 saturated heterocycles. The number of halogens is 4. The summed E-state index contributed by atoms with van der Waals surface area (Å²) in [6.07, 6.45) is 2.74. The van der Waals surface area contributed by atoms with Gasteiger partial charge in [0.25, 0.3) is 0 Å². The van der Waals surface area contributed by atoms with Crippen molar-refractivity contribution in [3.05, 3.63) is 70.1 Å². The molecule has 0 spiro atoms. The molecular weight excluding hydrogens is 736 g/mol. The van der Waals surface area contributed by atoms with Gasteiger partial charge >= 0.3 is 5.97 Å². The minimum atomic E-state index is -0.423. The van der Waals surface area contributed by atoms with Gasteiger partial charge in [0.05, 0.1) is 21.1 Å². The van der Waals surface area contributed by atoms with Crippen molar-refractivity contribution in [1.29, 1.82) is 0 Å². The van der Waals surface area contributed by atoms with Gasteiger partial charge in [-0.05, 0) is 107 Å². The number of carbonyl (C=O) groups excluding carboxylic acids is 1. The minimum Gasteiger partial charge on any atom is -0.505 e. The molecule has 37 heavy (non-hydrogen) atoms. The summed E-state index contributed by atoms with van der Waals surface area (Å²) in [5, 5.41) is 11.2. The smallest absolute Gasteiger partial charge is 0.338 e. The lowest BCUT2D eigenvalue weighted by atomic mass is 9.81. The number of hydrogen-bond donors (Lipinski definition) is 1. The van der Waals surface area contributed by atoms with E-state index in [0.29, 0.717) is 59.0 Å². The molecule has 0 aromatic heterocycles. The summed E-state index contributed by atoms with van der Waals surface area (Å²) < 4.78 is 13.4. The van der Waals surface area contributed by atoms with Crippen molar-refractivity contribution < 1.29 is 19.1 Å². The van der Waals surface area contributed by atoms with E-state index in [1.165, 1.54) is 0 Å². The fourth-order valence-corrected chi connectivity index (χ4v) is 6.92. The number of ether oxygens (including phenoxy) is 1. The third-order valence-corrected chi connectivity index (χ3v) is 9.85. The molecule has 2 aromatic carbocycles. The quantitative estimate of drug-likeness (QED) is 0.150. The van der Waals surface area contributed by atoms with Crippen molar-refractivity contribution in [2.45, 2.75) is 40.0 Å². The van der Waals surface area contributed by atoms with Gasteiger partial charge in [0, 0.05) is 21.9 Å². The number of aromatic hydroxyl groups is 1. The highest BCUT2D eigenvalue weighted by Gasteiger charge is 2.29. The van der Waals surface area contributed by atoms with Crippen LogP contribution in [0.2, 0.25) is 0 Å². The Kier molecular flexibility index (Phi) is 8.58. The van der Waals surface area contributed by atoms with E-state index in [4.69, 9.17) is 9.15 Å². The molecule has 1 N–H and O–H groups in total. The van der Waals surface area contributed by atoms with Crippen LogP contribution >= 0.6 is 63.7 Å². The normalized spacial score (nSPS) is 11.9. The van der Waals surface area contributed by atoms with Gasteiger partial charge in [-0.15, -0.1) is 0 Å². The first kappa shape index (κ1) is 28.3. The molecule has 2 aromatic rings. The standard InChI is InChI=1S/C28H24Br4O5/c1-4-28(5-2,6-3)13-36-27(35)15-10-8-7-9-14(15)20-16-11-18(29)23(33)21(31)25(16)37-26-17(20)12-19(30)24(34)22(26)32/h7-12,33H,4-6,13H2,1-3H3. The average Bonchev–Trinajstić information content (AvgIpc) is 2.91. The fraction of sp³-hybridized carbons (Fsp3) is 0.286. The molecule has 0 fully saturated rings. The number of hydrogen-bond acceptors (Lipinski definition) is 5. The van der Waals surface area contributed by atoms with E-state index in [1.807, 2.05) is 12.1 Å². The second kappa shape index (κ2) is 11.2. The zero-order valence-electron chi connectivity index (χ0n) is 20.4. The molecule has 5 nitrogen and oxygen atoms in total. The first-order chi connectivity index (χ1) is 17.6. The summed E-state index contributed by atoms with van der Waals surface area (Å²) in [4.78, 5) is 26.2. The zero-order chi connectivity index (χ0) is 27.1. The first-order valence-electron chi connectivity index (χ1n) is 11.8. The van der Waals surface area contributed by atoms with Crippen LogP contribution in [-0.2, 0) is 4.74 Å². The van der Waals surface area contributed by atoms with E-state index >= 15 is 0 Å². The minimum absolute atomic E-state index is 0.0418. The molecule has 2 aliphatic rings. The molecule has 194 valence electrons. The molecule has 0 unspecified atom stereocenters. The molecule has 1 heterocycles. The molecule has 9 heteroatoms. The Labute approximate surface area is 248 Å². The predicted octanol–water partition coefficient (Wildman–Crippen LogP) is 9.69. The van der Waals surface area contributed by atoms with E-state index in [2.05, 4.69) is 84.5 Å². The Morgan fingerprint density at radius 2 is 1.59 bits per heavy atom. The molecular formula is C28H24Br4O5. The highest BCUT2D eigenvalue weighted by Crippen LogP contribution is 2.49. The van der Waals surface area contributed by atoms with Crippen molar-refractivity contribution in [1.82, 2.24) is 0 Å². The number of phenolic OH excluding ortho intramolecular Hbond substituents is 1. The maximum absolute atomic E-state index is 13.5. The summed E-state index contributed by atoms with van der Waals surface area (Å²) >= 11 is 13.6. The van der Waals surface area contributed by atoms with Crippen molar-refractivity contribution in [3.8, 4) is 28.2 Å². The third kappa shape index (κ3) is 5.04. The molecule has 0 amide bonds. The van der Waals surface area contributed by atoms with Crippen molar-refractivity contribution in [3.63, 3.8) is 0 Å². The maximum atomic E-state index is 13.5. The van der Waals surface area contributed by atoms with E-state index in [-0.39, 0.29) is 21.1 Å². The maximum Gasteiger partial charge on any atom is 0.338 e. The SMILES string of the molecule is CCC(CC)(CC)COC(=O)c1ccccc1-c1c2cc(Br)c(=O)c(Br)c-2oc2c(Br)c(O)c(Br)cc12. The monoisotopic (exact) mass is 756 g/mol. The summed E-state index contributed by atoms with van der Waals surface area (Å²) in [5.74, 6) is -0.170. The molecule has 0 bridgehead atoms. The van der Waals surface area contributed by atoms with Crippen molar-refractivity contribution in [2.75, 3.05) is 6.61 Å². The Morgan fingerprint density at radius 3 is 2.24 bits per heavy atom. The van der Waals surface area contributed by atoms with Gasteiger partial charge in [-0.1, -0.05) is 39.0 Å². The number of rotatable bonds is 7. The lowest BCUT2D eigenvalue weighted by Crippen LogP contribution is -2.26. The van der Waals surface area contributed by atoms with Gasteiger partial charge in [0.15, 0.2) is 11.3 Å². The number of phenols is 1. The number of carbonyl (C=O) groups is 1. The van der Waals surface area contributed by atoms with Crippen LogP contribution in [0.3, 0.4) is 0 Å². The second-order valence-electron chi connectivity index (χ2n) is 8.94. The molecule has 0 atom stereocenters. The number of esters is 1. The van der Waals surface area contributed by atoms with Crippen molar-refractivity contribution >= 4 is 80.7 Å². The molecule has 0 radical (unpaired) electrons. The molecule has 0 saturated carbocycles. The van der Waals surface area contributed by atoms with Crippen LogP contribution in [0.15, 0.2) is 63.5 Å². The van der Waals surface area contributed by atoms with Crippen LogP contribution < -0.4 is 5.43 Å². The second-order valence-corrected chi connectivity index (χ2v) is 12.2. The summed E-state index contributed by atoms with van der Waals surface area (Å²) in [7, 11) is 0. The number of benzene rings is 3. The van der Waals surface area contributed by atoms with E-state index in [1.54, 1.807) is 24.3 Å². The topological polar surface area (TPSA) is 76.7 Å². The van der Waals surface area contributed by atoms with Gasteiger partial charge < -0.3 is 14.3 Å². The highest BCUT2D eigenvalue weighted by molar-refractivity contribution is 9.11. The van der Waals surface area contributed by atoms with Gasteiger partial charge in [0.2, 0.25) is 5.43 Å². The summed E-state index contributed by atoms with van der Waals surface area (Å²) in [6, 6.07) is 10.6. The Balaban J connectivity index is 2.02. The Morgan fingerprint density at radius 1 is 0.946 bits per heavy atom. The van der Waals surface area contributed by atoms with Crippen LogP contribution in [0.1, 0.15) is 50.4 Å². The first-order valence-corrected chi connectivity index (χ1v) is 15.0. The predicted molar refractivity (Wildman–Crippen MR) is 161 cm³/mol. The van der Waals surface area contributed by atoms with Crippen LogP contribution in [0.4, 0.5) is 0 Å². The summed E-state index contributed by atoms with van der Waals surface area (Å²) in [6.45, 7) is 6.68. The Bertz CT molecular complexity index is 1530. The third-order valence-electron chi connectivity index (χ3n) is 7.20. The van der Waals surface area contributed by atoms with Gasteiger partial charge in [0.1, 0.15) is 14.7 Å². The van der Waals surface area contributed by atoms with Gasteiger partial charge in [-0.3, -0.25) is 4.79 Å². The van der Waals surface area contributed by atoms with Crippen LogP contribution in [0.5, 0.6) is 5.75 Å². The lowest BCUT2D eigenvalue weighted by molar-refractivity contribution is 0.0247. The average molecular weight is 760 g/mol. The highest BCUT2D eigenvalue weighted by atomic mass is 79.9. The molecule has 4 rings (SSSR count). The zero-order valence-corrected chi connectivity index (χ0v) is 26.7. The van der Waals surface area contributed by atoms with E-state index in [9.17, 15) is 14.7 Å². The van der Waals surface area contributed by atoms with Crippen molar-refractivity contribution in [2.24, 2.45) is 5.41 Å². The van der Waals surface area contributed by atoms with Gasteiger partial charge in [-0.2, -0.15) is 0 Å². The lowest BCUT2D eigenvalue weighted by Gasteiger charge is -2.29. The fourth-order valence-electron chi connectivity index (χ4n) is 4.52. The van der Waals surface area contributed by atoms with Crippen LogP contribution in [-0.4, -0.2) is 17.7 Å². The van der Waals surface area contributed by atoms with E-state index < -0.39 is 5.97 Å².